The van der Waals surface area contributed by atoms with Crippen molar-refractivity contribution in [2.45, 2.75) is 30.8 Å². The Morgan fingerprint density at radius 3 is 2.04 bits per heavy atom. The second-order valence-electron chi connectivity index (χ2n) is 7.38. The van der Waals surface area contributed by atoms with Gasteiger partial charge in [-0.1, -0.05) is 60.7 Å². The van der Waals surface area contributed by atoms with Crippen molar-refractivity contribution in [1.29, 1.82) is 0 Å². The number of likely N-dealkylation sites (tertiary alicyclic amines) is 1. The molecular weight excluding hydrogens is 324 g/mol. The molecule has 1 fully saturated rings. The average molecular weight is 352 g/mol. The molecule has 138 valence electrons. The average Bonchev–Trinajstić information content (AvgIpc) is 2.68. The fraction of sp³-hybridized carbons (Fsp3) is 0.409. The van der Waals surface area contributed by atoms with Crippen molar-refractivity contribution in [3.05, 3.63) is 71.8 Å². The first-order chi connectivity index (χ1) is 12.6. The van der Waals surface area contributed by atoms with E-state index in [1.54, 1.807) is 0 Å². The second-order valence-corrected chi connectivity index (χ2v) is 7.38. The van der Waals surface area contributed by atoms with Crippen LogP contribution in [0.15, 0.2) is 60.7 Å². The molecule has 1 saturated heterocycles. The van der Waals surface area contributed by atoms with Crippen molar-refractivity contribution < 1.29 is 9.90 Å². The van der Waals surface area contributed by atoms with Crippen LogP contribution in [-0.4, -0.2) is 48.2 Å². The first-order valence-corrected chi connectivity index (χ1v) is 9.33. The molecule has 0 aliphatic carbocycles. The molecule has 0 bridgehead atoms. The standard InChI is InChI=1S/C22H28N2O2/c1-24-14-12-22(26,13-15-24)17-23-21(25)16-20(18-8-4-2-5-9-18)19-10-6-3-7-11-19/h2-11,20,26H,12-17H2,1H3,(H,23,25). The Morgan fingerprint density at radius 1 is 1.04 bits per heavy atom. The highest BCUT2D eigenvalue weighted by molar-refractivity contribution is 5.77. The van der Waals surface area contributed by atoms with E-state index in [4.69, 9.17) is 0 Å². The van der Waals surface area contributed by atoms with E-state index in [0.717, 1.165) is 24.2 Å². The highest BCUT2D eigenvalue weighted by atomic mass is 16.3. The van der Waals surface area contributed by atoms with Crippen LogP contribution in [0.3, 0.4) is 0 Å². The number of hydrogen-bond acceptors (Lipinski definition) is 3. The van der Waals surface area contributed by atoms with Gasteiger partial charge >= 0.3 is 0 Å². The monoisotopic (exact) mass is 352 g/mol. The van der Waals surface area contributed by atoms with Gasteiger partial charge in [0, 0.05) is 32.0 Å². The molecule has 4 heteroatoms. The summed E-state index contributed by atoms with van der Waals surface area (Å²) in [6.07, 6.45) is 1.78. The number of nitrogens with zero attached hydrogens (tertiary/aromatic N) is 1. The lowest BCUT2D eigenvalue weighted by Crippen LogP contribution is -2.50. The summed E-state index contributed by atoms with van der Waals surface area (Å²) in [5.41, 5.74) is 1.48. The van der Waals surface area contributed by atoms with Crippen molar-refractivity contribution in [3.63, 3.8) is 0 Å². The van der Waals surface area contributed by atoms with Gasteiger partial charge in [0.05, 0.1) is 5.60 Å². The second kappa shape index (κ2) is 8.47. The van der Waals surface area contributed by atoms with Gasteiger partial charge in [0.2, 0.25) is 5.91 Å². The molecular formula is C22H28N2O2. The molecule has 0 unspecified atom stereocenters. The topological polar surface area (TPSA) is 52.6 Å². The van der Waals surface area contributed by atoms with Crippen LogP contribution in [0.25, 0.3) is 0 Å². The number of aliphatic hydroxyl groups is 1. The molecule has 2 aromatic carbocycles. The van der Waals surface area contributed by atoms with E-state index in [9.17, 15) is 9.90 Å². The van der Waals surface area contributed by atoms with Crippen molar-refractivity contribution >= 4 is 5.91 Å². The van der Waals surface area contributed by atoms with Gasteiger partial charge in [-0.3, -0.25) is 4.79 Å². The predicted molar refractivity (Wildman–Crippen MR) is 104 cm³/mol. The Hall–Kier alpha value is -2.17. The summed E-state index contributed by atoms with van der Waals surface area (Å²) in [6.45, 7) is 2.06. The highest BCUT2D eigenvalue weighted by Crippen LogP contribution is 2.28. The number of hydrogen-bond donors (Lipinski definition) is 2. The zero-order valence-electron chi connectivity index (χ0n) is 15.4. The van der Waals surface area contributed by atoms with E-state index in [-0.39, 0.29) is 11.8 Å². The minimum Gasteiger partial charge on any atom is -0.388 e. The molecule has 1 amide bonds. The summed E-state index contributed by atoms with van der Waals surface area (Å²) in [5.74, 6) is -0.000379. The number of amides is 1. The minimum absolute atomic E-state index is 0.0181. The number of carbonyl (C=O) groups excluding carboxylic acids is 1. The molecule has 1 heterocycles. The van der Waals surface area contributed by atoms with E-state index in [0.29, 0.717) is 25.8 Å². The zero-order valence-corrected chi connectivity index (χ0v) is 15.4. The van der Waals surface area contributed by atoms with E-state index >= 15 is 0 Å². The number of carbonyl (C=O) groups is 1. The number of piperidine rings is 1. The van der Waals surface area contributed by atoms with Crippen LogP contribution in [0, 0.1) is 0 Å². The van der Waals surface area contributed by atoms with Gasteiger partial charge in [0.1, 0.15) is 0 Å². The molecule has 1 aliphatic heterocycles. The van der Waals surface area contributed by atoms with Gasteiger partial charge < -0.3 is 15.3 Å². The van der Waals surface area contributed by atoms with Crippen LogP contribution in [-0.2, 0) is 4.79 Å². The first-order valence-electron chi connectivity index (χ1n) is 9.33. The molecule has 2 N–H and O–H groups in total. The molecule has 26 heavy (non-hydrogen) atoms. The molecule has 0 radical (unpaired) electrons. The maximum Gasteiger partial charge on any atom is 0.221 e. The van der Waals surface area contributed by atoms with Crippen LogP contribution in [0.2, 0.25) is 0 Å². The lowest BCUT2D eigenvalue weighted by molar-refractivity contribution is -0.123. The largest absolute Gasteiger partial charge is 0.388 e. The third-order valence-electron chi connectivity index (χ3n) is 5.33. The summed E-state index contributed by atoms with van der Waals surface area (Å²) < 4.78 is 0. The fourth-order valence-electron chi connectivity index (χ4n) is 3.53. The first kappa shape index (κ1) is 18.6. The van der Waals surface area contributed by atoms with Crippen LogP contribution in [0.4, 0.5) is 0 Å². The van der Waals surface area contributed by atoms with Gasteiger partial charge in [-0.25, -0.2) is 0 Å². The Bertz CT molecular complexity index is 655. The van der Waals surface area contributed by atoms with Crippen LogP contribution < -0.4 is 5.32 Å². The highest BCUT2D eigenvalue weighted by Gasteiger charge is 2.31. The molecule has 0 atom stereocenters. The van der Waals surface area contributed by atoms with Gasteiger partial charge in [-0.05, 0) is 31.0 Å². The van der Waals surface area contributed by atoms with Gasteiger partial charge in [0.25, 0.3) is 0 Å². The molecule has 3 rings (SSSR count). The SMILES string of the molecule is CN1CCC(O)(CNC(=O)CC(c2ccccc2)c2ccccc2)CC1. The summed E-state index contributed by atoms with van der Waals surface area (Å²) >= 11 is 0. The third kappa shape index (κ3) is 4.93. The maximum absolute atomic E-state index is 12.6. The van der Waals surface area contributed by atoms with Gasteiger partial charge in [-0.15, -0.1) is 0 Å². The normalized spacial score (nSPS) is 17.2. The van der Waals surface area contributed by atoms with Gasteiger partial charge in [-0.2, -0.15) is 0 Å². The lowest BCUT2D eigenvalue weighted by atomic mass is 9.88. The van der Waals surface area contributed by atoms with E-state index in [1.807, 2.05) is 36.4 Å². The maximum atomic E-state index is 12.6. The smallest absolute Gasteiger partial charge is 0.221 e. The predicted octanol–water partition coefficient (Wildman–Crippen LogP) is 2.78. The van der Waals surface area contributed by atoms with E-state index in [2.05, 4.69) is 41.5 Å². The Labute approximate surface area is 155 Å². The van der Waals surface area contributed by atoms with Crippen molar-refractivity contribution in [2.75, 3.05) is 26.7 Å². The molecule has 1 aliphatic rings. The fourth-order valence-corrected chi connectivity index (χ4v) is 3.53. The minimum atomic E-state index is -0.781. The van der Waals surface area contributed by atoms with Crippen LogP contribution >= 0.6 is 0 Å². The molecule has 0 saturated carbocycles. The Balaban J connectivity index is 1.64. The van der Waals surface area contributed by atoms with E-state index < -0.39 is 5.60 Å². The number of rotatable bonds is 6. The number of benzene rings is 2. The Kier molecular flexibility index (Phi) is 6.07. The lowest BCUT2D eigenvalue weighted by Gasteiger charge is -2.36. The summed E-state index contributed by atoms with van der Waals surface area (Å²) in [6, 6.07) is 20.3. The molecule has 0 aromatic heterocycles. The molecule has 2 aromatic rings. The van der Waals surface area contributed by atoms with Crippen molar-refractivity contribution in [3.8, 4) is 0 Å². The summed E-state index contributed by atoms with van der Waals surface area (Å²) in [7, 11) is 2.06. The summed E-state index contributed by atoms with van der Waals surface area (Å²) in [4.78, 5) is 14.8. The summed E-state index contributed by atoms with van der Waals surface area (Å²) in [5, 5.41) is 13.6. The third-order valence-corrected chi connectivity index (χ3v) is 5.33. The Morgan fingerprint density at radius 2 is 1.54 bits per heavy atom. The van der Waals surface area contributed by atoms with Gasteiger partial charge in [0.15, 0.2) is 0 Å². The number of nitrogens with one attached hydrogen (secondary N) is 1. The van der Waals surface area contributed by atoms with Crippen molar-refractivity contribution in [2.24, 2.45) is 0 Å². The molecule has 0 spiro atoms. The molecule has 4 nitrogen and oxygen atoms in total. The van der Waals surface area contributed by atoms with Crippen molar-refractivity contribution in [1.82, 2.24) is 10.2 Å². The zero-order chi connectivity index (χ0) is 18.4. The van der Waals surface area contributed by atoms with Crippen LogP contribution in [0.5, 0.6) is 0 Å². The quantitative estimate of drug-likeness (QED) is 0.841. The van der Waals surface area contributed by atoms with E-state index in [1.165, 1.54) is 0 Å². The van der Waals surface area contributed by atoms with Crippen LogP contribution in [0.1, 0.15) is 36.3 Å².